The normalized spacial score (nSPS) is 11.8. The first-order valence-corrected chi connectivity index (χ1v) is 6.37. The molecule has 0 amide bonds. The van der Waals surface area contributed by atoms with Crippen molar-refractivity contribution in [1.82, 2.24) is 0 Å². The number of rotatable bonds is 4. The van der Waals surface area contributed by atoms with Gasteiger partial charge in [-0.3, -0.25) is 0 Å². The van der Waals surface area contributed by atoms with Crippen molar-refractivity contribution in [3.8, 4) is 11.8 Å². The lowest BCUT2D eigenvalue weighted by molar-refractivity contribution is 0.299. The van der Waals surface area contributed by atoms with Gasteiger partial charge in [0.1, 0.15) is 30.1 Å². The zero-order valence-electron chi connectivity index (χ0n) is 11.4. The Kier molecular flexibility index (Phi) is 4.51. The van der Waals surface area contributed by atoms with E-state index in [1.54, 1.807) is 19.1 Å². The van der Waals surface area contributed by atoms with Crippen LogP contribution in [-0.2, 0) is 6.61 Å². The predicted octanol–water partition coefficient (Wildman–Crippen LogP) is 3.44. The first kappa shape index (κ1) is 14.9. The largest absolute Gasteiger partial charge is 0.488 e. The van der Waals surface area contributed by atoms with Crippen molar-refractivity contribution in [2.75, 3.05) is 0 Å². The van der Waals surface area contributed by atoms with Crippen LogP contribution in [0.5, 0.6) is 5.75 Å². The number of hydrogen-bond acceptors (Lipinski definition) is 3. The summed E-state index contributed by atoms with van der Waals surface area (Å²) < 4.78 is 32.1. The molecule has 2 aromatic rings. The van der Waals surface area contributed by atoms with Crippen LogP contribution in [0.25, 0.3) is 0 Å². The fourth-order valence-corrected chi connectivity index (χ4v) is 1.92. The molecular weight excluding hydrogens is 274 g/mol. The number of nitriles is 1. The van der Waals surface area contributed by atoms with Crippen molar-refractivity contribution >= 4 is 0 Å². The summed E-state index contributed by atoms with van der Waals surface area (Å²) >= 11 is 0. The second kappa shape index (κ2) is 6.33. The van der Waals surface area contributed by atoms with Gasteiger partial charge in [-0.05, 0) is 30.7 Å². The first-order chi connectivity index (χ1) is 10.0. The minimum absolute atomic E-state index is 0.0530. The summed E-state index contributed by atoms with van der Waals surface area (Å²) in [5.41, 5.74) is 7.05. The Labute approximate surface area is 121 Å². The average Bonchev–Trinajstić information content (AvgIpc) is 2.46. The Balaban J connectivity index is 2.20. The standard InChI is InChI=1S/C16H14F2N2O/c1-10(20)14-4-3-13(17)7-16(14)21-9-11-2-5-15(18)12(6-11)8-19/h2-7,10H,9,20H2,1H3/t10-/m0/s1. The van der Waals surface area contributed by atoms with Crippen molar-refractivity contribution < 1.29 is 13.5 Å². The maximum Gasteiger partial charge on any atom is 0.140 e. The van der Waals surface area contributed by atoms with Crippen molar-refractivity contribution in [1.29, 1.82) is 5.26 Å². The van der Waals surface area contributed by atoms with Crippen LogP contribution >= 0.6 is 0 Å². The van der Waals surface area contributed by atoms with E-state index < -0.39 is 11.6 Å². The number of benzene rings is 2. The fourth-order valence-electron chi connectivity index (χ4n) is 1.92. The molecule has 21 heavy (non-hydrogen) atoms. The van der Waals surface area contributed by atoms with Crippen LogP contribution in [0.3, 0.4) is 0 Å². The van der Waals surface area contributed by atoms with Crippen molar-refractivity contribution in [2.24, 2.45) is 5.73 Å². The second-order valence-corrected chi connectivity index (χ2v) is 4.69. The average molecular weight is 288 g/mol. The van der Waals surface area contributed by atoms with Crippen molar-refractivity contribution in [3.05, 3.63) is 64.7 Å². The molecule has 1 atom stereocenters. The summed E-state index contributed by atoms with van der Waals surface area (Å²) in [4.78, 5) is 0. The van der Waals surface area contributed by atoms with E-state index in [0.29, 0.717) is 16.9 Å². The Hall–Kier alpha value is -2.45. The van der Waals surface area contributed by atoms with Gasteiger partial charge < -0.3 is 10.5 Å². The van der Waals surface area contributed by atoms with Gasteiger partial charge in [-0.25, -0.2) is 8.78 Å². The molecule has 5 heteroatoms. The maximum atomic E-state index is 13.3. The number of halogens is 2. The summed E-state index contributed by atoms with van der Waals surface area (Å²) in [6, 6.07) is 9.73. The van der Waals surface area contributed by atoms with Gasteiger partial charge >= 0.3 is 0 Å². The Morgan fingerprint density at radius 2 is 2.00 bits per heavy atom. The van der Waals surface area contributed by atoms with Gasteiger partial charge in [-0.2, -0.15) is 5.26 Å². The van der Waals surface area contributed by atoms with E-state index in [1.165, 1.54) is 30.3 Å². The first-order valence-electron chi connectivity index (χ1n) is 6.37. The smallest absolute Gasteiger partial charge is 0.140 e. The molecule has 0 heterocycles. The molecule has 0 aromatic heterocycles. The SMILES string of the molecule is C[C@H](N)c1ccc(F)cc1OCc1ccc(F)c(C#N)c1. The van der Waals surface area contributed by atoms with E-state index in [0.717, 1.165) is 0 Å². The fraction of sp³-hybridized carbons (Fsp3) is 0.188. The molecule has 0 saturated heterocycles. The molecule has 0 radical (unpaired) electrons. The molecule has 0 aliphatic heterocycles. The second-order valence-electron chi connectivity index (χ2n) is 4.69. The van der Waals surface area contributed by atoms with Crippen molar-refractivity contribution in [3.63, 3.8) is 0 Å². The zero-order valence-corrected chi connectivity index (χ0v) is 11.4. The third kappa shape index (κ3) is 3.56. The molecule has 2 N–H and O–H groups in total. The highest BCUT2D eigenvalue weighted by Crippen LogP contribution is 2.25. The lowest BCUT2D eigenvalue weighted by Gasteiger charge is -2.14. The van der Waals surface area contributed by atoms with Crippen molar-refractivity contribution in [2.45, 2.75) is 19.6 Å². The van der Waals surface area contributed by atoms with Crippen LogP contribution in [0.2, 0.25) is 0 Å². The molecule has 0 unspecified atom stereocenters. The Bertz CT molecular complexity index is 693. The van der Waals surface area contributed by atoms with Crippen LogP contribution in [-0.4, -0.2) is 0 Å². The summed E-state index contributed by atoms with van der Waals surface area (Å²) in [5.74, 6) is -0.665. The van der Waals surface area contributed by atoms with Gasteiger partial charge in [0.25, 0.3) is 0 Å². The van der Waals surface area contributed by atoms with E-state index in [4.69, 9.17) is 15.7 Å². The molecule has 2 rings (SSSR count). The molecule has 108 valence electrons. The molecule has 0 bridgehead atoms. The molecule has 0 aliphatic rings. The van der Waals surface area contributed by atoms with Crippen LogP contribution in [0.15, 0.2) is 36.4 Å². The van der Waals surface area contributed by atoms with E-state index >= 15 is 0 Å². The van der Waals surface area contributed by atoms with Crippen LogP contribution in [0, 0.1) is 23.0 Å². The summed E-state index contributed by atoms with van der Waals surface area (Å²) in [5, 5.41) is 8.78. The molecule has 0 fully saturated rings. The monoisotopic (exact) mass is 288 g/mol. The lowest BCUT2D eigenvalue weighted by Crippen LogP contribution is -2.08. The minimum Gasteiger partial charge on any atom is -0.488 e. The van der Waals surface area contributed by atoms with Gasteiger partial charge in [0.15, 0.2) is 0 Å². The summed E-state index contributed by atoms with van der Waals surface area (Å²) in [6.07, 6.45) is 0. The third-order valence-corrected chi connectivity index (χ3v) is 3.01. The highest BCUT2D eigenvalue weighted by atomic mass is 19.1. The topological polar surface area (TPSA) is 59.0 Å². The van der Waals surface area contributed by atoms with Crippen LogP contribution in [0.4, 0.5) is 8.78 Å². The molecule has 0 saturated carbocycles. The van der Waals surface area contributed by atoms with E-state index in [2.05, 4.69) is 0 Å². The summed E-state index contributed by atoms with van der Waals surface area (Å²) in [6.45, 7) is 1.86. The van der Waals surface area contributed by atoms with Gasteiger partial charge in [-0.1, -0.05) is 12.1 Å². The lowest BCUT2D eigenvalue weighted by atomic mass is 10.1. The molecular formula is C16H14F2N2O. The maximum absolute atomic E-state index is 13.3. The number of nitrogens with zero attached hydrogens (tertiary/aromatic N) is 1. The van der Waals surface area contributed by atoms with Gasteiger partial charge in [0, 0.05) is 17.7 Å². The number of ether oxygens (including phenoxy) is 1. The Morgan fingerprint density at radius 1 is 1.24 bits per heavy atom. The third-order valence-electron chi connectivity index (χ3n) is 3.01. The van der Waals surface area contributed by atoms with E-state index in [-0.39, 0.29) is 18.2 Å². The highest BCUT2D eigenvalue weighted by Gasteiger charge is 2.10. The van der Waals surface area contributed by atoms with Gasteiger partial charge in [-0.15, -0.1) is 0 Å². The van der Waals surface area contributed by atoms with E-state index in [9.17, 15) is 8.78 Å². The Morgan fingerprint density at radius 3 is 2.67 bits per heavy atom. The molecule has 0 spiro atoms. The highest BCUT2D eigenvalue weighted by molar-refractivity contribution is 5.37. The van der Waals surface area contributed by atoms with Gasteiger partial charge in [0.05, 0.1) is 5.56 Å². The van der Waals surface area contributed by atoms with E-state index in [1.807, 2.05) is 0 Å². The van der Waals surface area contributed by atoms with Gasteiger partial charge in [0.2, 0.25) is 0 Å². The molecule has 0 aliphatic carbocycles. The zero-order chi connectivity index (χ0) is 15.4. The quantitative estimate of drug-likeness (QED) is 0.937. The predicted molar refractivity (Wildman–Crippen MR) is 74.4 cm³/mol. The number of nitrogens with two attached hydrogens (primary N) is 1. The molecule has 3 nitrogen and oxygen atoms in total. The van der Waals surface area contributed by atoms with Crippen LogP contribution in [0.1, 0.15) is 29.7 Å². The minimum atomic E-state index is -0.580. The number of hydrogen-bond donors (Lipinski definition) is 1. The summed E-state index contributed by atoms with van der Waals surface area (Å²) in [7, 11) is 0. The van der Waals surface area contributed by atoms with Crippen LogP contribution < -0.4 is 10.5 Å². The molecule has 2 aromatic carbocycles.